The van der Waals surface area contributed by atoms with E-state index in [1.165, 1.54) is 11.6 Å². The highest BCUT2D eigenvalue weighted by molar-refractivity contribution is 5.97. The summed E-state index contributed by atoms with van der Waals surface area (Å²) in [5, 5.41) is 10.9. The number of piperidine rings is 1. The second kappa shape index (κ2) is 10.1. The van der Waals surface area contributed by atoms with Crippen LogP contribution in [0.3, 0.4) is 0 Å². The number of H-pyrrole nitrogens is 1. The van der Waals surface area contributed by atoms with Gasteiger partial charge in [-0.05, 0) is 61.2 Å². The van der Waals surface area contributed by atoms with Crippen LogP contribution < -0.4 is 0 Å². The summed E-state index contributed by atoms with van der Waals surface area (Å²) in [6.07, 6.45) is 3.59. The van der Waals surface area contributed by atoms with E-state index >= 15 is 0 Å². The number of halogens is 1. The molecule has 0 saturated carbocycles. The minimum absolute atomic E-state index is 0.216. The van der Waals surface area contributed by atoms with E-state index < -0.39 is 0 Å². The van der Waals surface area contributed by atoms with E-state index in [4.69, 9.17) is 4.74 Å². The fourth-order valence-electron chi connectivity index (χ4n) is 4.80. The summed E-state index contributed by atoms with van der Waals surface area (Å²) in [5.74, 6) is -0.268. The van der Waals surface area contributed by atoms with Gasteiger partial charge >= 0.3 is 0 Å². The maximum Gasteiger partial charge on any atom is 0.138 e. The molecule has 0 spiro atoms. The lowest BCUT2D eigenvalue weighted by Crippen LogP contribution is -2.37. The number of hydrogen-bond acceptors (Lipinski definition) is 4. The number of benzene rings is 2. The summed E-state index contributed by atoms with van der Waals surface area (Å²) in [5.41, 5.74) is 6.70. The lowest BCUT2D eigenvalue weighted by atomic mass is 9.99. The molecular weight excluding hydrogens is 429 g/mol. The molecule has 1 atom stereocenters. The Kier molecular flexibility index (Phi) is 6.72. The normalized spacial score (nSPS) is 16.9. The number of aliphatic hydroxyl groups excluding tert-OH is 1. The zero-order chi connectivity index (χ0) is 23.5. The van der Waals surface area contributed by atoms with Gasteiger partial charge in [-0.3, -0.25) is 4.90 Å². The van der Waals surface area contributed by atoms with Gasteiger partial charge in [0.2, 0.25) is 0 Å². The number of rotatable bonds is 7. The minimum Gasteiger partial charge on any atom is -0.392 e. The van der Waals surface area contributed by atoms with Crippen molar-refractivity contribution >= 4 is 11.0 Å². The lowest BCUT2D eigenvalue weighted by Gasteiger charge is -2.29. The predicted molar refractivity (Wildman–Crippen MR) is 133 cm³/mol. The van der Waals surface area contributed by atoms with Gasteiger partial charge in [-0.2, -0.15) is 0 Å². The topological polar surface area (TPSA) is 61.4 Å². The largest absolute Gasteiger partial charge is 0.392 e. The number of pyridine rings is 1. The summed E-state index contributed by atoms with van der Waals surface area (Å²) in [6, 6.07) is 17.3. The van der Waals surface area contributed by atoms with Crippen molar-refractivity contribution < 1.29 is 14.2 Å². The van der Waals surface area contributed by atoms with Crippen LogP contribution in [-0.4, -0.2) is 45.8 Å². The minimum atomic E-state index is -0.268. The number of fused-ring (bicyclic) bond motifs is 1. The van der Waals surface area contributed by atoms with Crippen molar-refractivity contribution in [3.05, 3.63) is 77.9 Å². The summed E-state index contributed by atoms with van der Waals surface area (Å²) in [7, 11) is 0. The van der Waals surface area contributed by atoms with Crippen molar-refractivity contribution in [1.29, 1.82) is 0 Å². The van der Waals surface area contributed by atoms with E-state index in [0.29, 0.717) is 13.2 Å². The molecule has 34 heavy (non-hydrogen) atoms. The molecule has 1 saturated heterocycles. The second-order valence-corrected chi connectivity index (χ2v) is 8.97. The van der Waals surface area contributed by atoms with Crippen LogP contribution >= 0.6 is 0 Å². The van der Waals surface area contributed by atoms with Gasteiger partial charge < -0.3 is 14.8 Å². The highest BCUT2D eigenvalue weighted by Crippen LogP contribution is 2.35. The Labute approximate surface area is 199 Å². The first-order valence-corrected chi connectivity index (χ1v) is 11.9. The molecule has 5 nitrogen and oxygen atoms in total. The molecule has 0 radical (unpaired) electrons. The third kappa shape index (κ3) is 4.89. The number of nitrogens with one attached hydrogen (secondary N) is 1. The van der Waals surface area contributed by atoms with Crippen LogP contribution in [0.4, 0.5) is 4.39 Å². The van der Waals surface area contributed by atoms with Crippen LogP contribution in [-0.2, 0) is 17.9 Å². The third-order valence-electron chi connectivity index (χ3n) is 6.47. The maximum absolute atomic E-state index is 14.0. The molecule has 1 aliphatic rings. The van der Waals surface area contributed by atoms with Gasteiger partial charge in [-0.1, -0.05) is 36.4 Å². The molecule has 3 heterocycles. The van der Waals surface area contributed by atoms with E-state index in [1.807, 2.05) is 19.2 Å². The number of hydrogen-bond donors (Lipinski definition) is 2. The fourth-order valence-corrected chi connectivity index (χ4v) is 4.80. The quantitative estimate of drug-likeness (QED) is 0.382. The standard InChI is InChI=1S/C28H30FN3O2/c1-2-34-18-26-27(21-5-3-6-23(29)13-21)25-14-22(15-30-28(25)31-26)20-10-8-19(9-11-20)16-32-12-4-7-24(33)17-32/h3,5-6,8-11,13-15,24,33H,2,4,7,12,16-18H2,1H3,(H,30,31). The van der Waals surface area contributed by atoms with Crippen molar-refractivity contribution in [1.82, 2.24) is 14.9 Å². The molecule has 1 unspecified atom stereocenters. The summed E-state index contributed by atoms with van der Waals surface area (Å²) >= 11 is 0. The van der Waals surface area contributed by atoms with Gasteiger partial charge in [-0.25, -0.2) is 9.37 Å². The van der Waals surface area contributed by atoms with Crippen molar-refractivity contribution in [3.63, 3.8) is 0 Å². The first kappa shape index (κ1) is 22.7. The molecule has 176 valence electrons. The Morgan fingerprint density at radius 1 is 1.12 bits per heavy atom. The fraction of sp³-hybridized carbons (Fsp3) is 0.321. The number of aliphatic hydroxyl groups is 1. The Hall–Kier alpha value is -3.06. The molecule has 1 aliphatic heterocycles. The summed E-state index contributed by atoms with van der Waals surface area (Å²) in [4.78, 5) is 10.4. The molecule has 2 aromatic carbocycles. The summed E-state index contributed by atoms with van der Waals surface area (Å²) < 4.78 is 19.7. The van der Waals surface area contributed by atoms with Crippen LogP contribution in [0.5, 0.6) is 0 Å². The highest BCUT2D eigenvalue weighted by Gasteiger charge is 2.18. The lowest BCUT2D eigenvalue weighted by molar-refractivity contribution is 0.0668. The Morgan fingerprint density at radius 2 is 1.97 bits per heavy atom. The number of ether oxygens (including phenoxy) is 1. The van der Waals surface area contributed by atoms with Gasteiger partial charge in [-0.15, -0.1) is 0 Å². The molecule has 2 N–H and O–H groups in total. The number of nitrogens with zero attached hydrogens (tertiary/aromatic N) is 2. The molecule has 4 aromatic rings. The van der Waals surface area contributed by atoms with E-state index in [1.54, 1.807) is 12.1 Å². The van der Waals surface area contributed by atoms with Gasteiger partial charge in [0.05, 0.1) is 18.4 Å². The van der Waals surface area contributed by atoms with Gasteiger partial charge in [0, 0.05) is 42.4 Å². The van der Waals surface area contributed by atoms with Gasteiger partial charge in [0.25, 0.3) is 0 Å². The maximum atomic E-state index is 14.0. The van der Waals surface area contributed by atoms with Crippen LogP contribution in [0.1, 0.15) is 31.0 Å². The van der Waals surface area contributed by atoms with E-state index in [2.05, 4.69) is 45.2 Å². The van der Waals surface area contributed by atoms with Crippen LogP contribution in [0.2, 0.25) is 0 Å². The number of aromatic nitrogens is 2. The molecular formula is C28H30FN3O2. The van der Waals surface area contributed by atoms with Crippen molar-refractivity contribution in [2.75, 3.05) is 19.7 Å². The van der Waals surface area contributed by atoms with Crippen LogP contribution in [0.15, 0.2) is 60.8 Å². The Morgan fingerprint density at radius 3 is 2.74 bits per heavy atom. The highest BCUT2D eigenvalue weighted by atomic mass is 19.1. The zero-order valence-corrected chi connectivity index (χ0v) is 19.4. The Balaban J connectivity index is 1.46. The van der Waals surface area contributed by atoms with Crippen molar-refractivity contribution in [2.45, 2.75) is 39.0 Å². The predicted octanol–water partition coefficient (Wildman–Crippen LogP) is 5.53. The average Bonchev–Trinajstić information content (AvgIpc) is 3.21. The smallest absolute Gasteiger partial charge is 0.138 e. The van der Waals surface area contributed by atoms with E-state index in [-0.39, 0.29) is 11.9 Å². The van der Waals surface area contributed by atoms with Crippen molar-refractivity contribution in [2.24, 2.45) is 0 Å². The molecule has 0 amide bonds. The molecule has 5 rings (SSSR count). The molecule has 1 fully saturated rings. The first-order chi connectivity index (χ1) is 16.6. The zero-order valence-electron chi connectivity index (χ0n) is 19.4. The van der Waals surface area contributed by atoms with Crippen molar-refractivity contribution in [3.8, 4) is 22.3 Å². The molecule has 0 bridgehead atoms. The van der Waals surface area contributed by atoms with Crippen LogP contribution in [0, 0.1) is 5.82 Å². The van der Waals surface area contributed by atoms with E-state index in [0.717, 1.165) is 71.5 Å². The SMILES string of the molecule is CCOCc1[nH]c2ncc(-c3ccc(CN4CCCC(O)C4)cc3)cc2c1-c1cccc(F)c1. The van der Waals surface area contributed by atoms with Gasteiger partial charge in [0.15, 0.2) is 0 Å². The average molecular weight is 460 g/mol. The molecule has 2 aromatic heterocycles. The molecule has 0 aliphatic carbocycles. The Bertz CT molecular complexity index is 1270. The monoisotopic (exact) mass is 459 g/mol. The number of likely N-dealkylation sites (tertiary alicyclic amines) is 1. The van der Waals surface area contributed by atoms with E-state index in [9.17, 15) is 9.50 Å². The number of aromatic amines is 1. The third-order valence-corrected chi connectivity index (χ3v) is 6.47. The number of β-amino-alcohol motifs (C(OH)–C–C–N with tert-alkyl or cyclic N) is 1. The van der Waals surface area contributed by atoms with Gasteiger partial charge in [0.1, 0.15) is 11.5 Å². The van der Waals surface area contributed by atoms with Crippen LogP contribution in [0.25, 0.3) is 33.3 Å². The second-order valence-electron chi connectivity index (χ2n) is 8.97. The first-order valence-electron chi connectivity index (χ1n) is 11.9. The molecule has 6 heteroatoms. The summed E-state index contributed by atoms with van der Waals surface area (Å²) in [6.45, 7) is 5.57.